The minimum absolute atomic E-state index is 0.120. The molecule has 1 aliphatic rings. The van der Waals surface area contributed by atoms with Crippen molar-refractivity contribution in [2.45, 2.75) is 18.5 Å². The predicted molar refractivity (Wildman–Crippen MR) is 134 cm³/mol. The highest BCUT2D eigenvalue weighted by Gasteiger charge is 2.31. The summed E-state index contributed by atoms with van der Waals surface area (Å²) >= 11 is 7.94. The van der Waals surface area contributed by atoms with Crippen LogP contribution in [0.1, 0.15) is 29.6 Å². The van der Waals surface area contributed by atoms with E-state index in [9.17, 15) is 4.79 Å². The van der Waals surface area contributed by atoms with Crippen LogP contribution in [0.15, 0.2) is 79.1 Å². The predicted octanol–water partition coefficient (Wildman–Crippen LogP) is 5.37. The third kappa shape index (κ3) is 5.40. The Morgan fingerprint density at radius 2 is 1.53 bits per heavy atom. The summed E-state index contributed by atoms with van der Waals surface area (Å²) in [6, 6.07) is 22.8. The maximum atomic E-state index is 13.4. The van der Waals surface area contributed by atoms with E-state index in [1.807, 2.05) is 41.6 Å². The molecular weight excluding hydrogens is 438 g/mol. The molecule has 1 fully saturated rings. The summed E-state index contributed by atoms with van der Waals surface area (Å²) in [6.45, 7) is 3.17. The van der Waals surface area contributed by atoms with Crippen LogP contribution in [0.25, 0.3) is 0 Å². The number of piperazine rings is 1. The molecule has 6 heteroatoms. The quantitative estimate of drug-likeness (QED) is 0.446. The molecule has 0 saturated carbocycles. The van der Waals surface area contributed by atoms with Gasteiger partial charge in [-0.3, -0.25) is 9.69 Å². The first-order chi connectivity index (χ1) is 15.7. The van der Waals surface area contributed by atoms with Crippen molar-refractivity contribution in [3.05, 3.63) is 95.3 Å². The zero-order valence-corrected chi connectivity index (χ0v) is 20.0. The Morgan fingerprint density at radius 3 is 2.16 bits per heavy atom. The van der Waals surface area contributed by atoms with E-state index in [2.05, 4.69) is 58.2 Å². The maximum absolute atomic E-state index is 13.4. The van der Waals surface area contributed by atoms with E-state index >= 15 is 0 Å². The molecule has 2 aromatic carbocycles. The highest BCUT2D eigenvalue weighted by Crippen LogP contribution is 2.31. The van der Waals surface area contributed by atoms with E-state index in [0.29, 0.717) is 0 Å². The molecule has 0 N–H and O–H groups in total. The SMILES string of the molecule is CSCC[C@H](C(=O)N1CCN([C@@H](c2ccccc2)c2ccc(Cl)cc2)CC1)n1cccc1. The number of hydrogen-bond donors (Lipinski definition) is 0. The lowest BCUT2D eigenvalue weighted by Gasteiger charge is -2.41. The number of nitrogens with zero attached hydrogens (tertiary/aromatic N) is 3. The molecule has 0 unspecified atom stereocenters. The van der Waals surface area contributed by atoms with E-state index < -0.39 is 0 Å². The second-order valence-electron chi connectivity index (χ2n) is 8.15. The van der Waals surface area contributed by atoms with Crippen molar-refractivity contribution >= 4 is 29.3 Å². The molecule has 2 atom stereocenters. The van der Waals surface area contributed by atoms with Gasteiger partial charge in [0.2, 0.25) is 5.91 Å². The van der Waals surface area contributed by atoms with Gasteiger partial charge in [-0.05, 0) is 53.8 Å². The number of benzene rings is 2. The fourth-order valence-corrected chi connectivity index (χ4v) is 5.08. The Bertz CT molecular complexity index is 970. The van der Waals surface area contributed by atoms with Crippen LogP contribution in [0.5, 0.6) is 0 Å². The van der Waals surface area contributed by atoms with Crippen LogP contribution in [0.2, 0.25) is 5.02 Å². The van der Waals surface area contributed by atoms with Crippen molar-refractivity contribution in [3.63, 3.8) is 0 Å². The van der Waals surface area contributed by atoms with Gasteiger partial charge in [0.05, 0.1) is 6.04 Å². The van der Waals surface area contributed by atoms with E-state index in [-0.39, 0.29) is 18.0 Å². The van der Waals surface area contributed by atoms with E-state index in [0.717, 1.165) is 43.4 Å². The summed E-state index contributed by atoms with van der Waals surface area (Å²) in [5.74, 6) is 1.21. The van der Waals surface area contributed by atoms with Crippen LogP contribution < -0.4 is 0 Å². The normalized spacial score (nSPS) is 16.6. The van der Waals surface area contributed by atoms with Gasteiger partial charge in [0, 0.05) is 43.6 Å². The van der Waals surface area contributed by atoms with Crippen molar-refractivity contribution in [3.8, 4) is 0 Å². The first kappa shape index (κ1) is 23.0. The number of amides is 1. The number of carbonyl (C=O) groups excluding carboxylic acids is 1. The summed E-state index contributed by atoms with van der Waals surface area (Å²) in [4.78, 5) is 17.9. The number of hydrogen-bond acceptors (Lipinski definition) is 3. The highest BCUT2D eigenvalue weighted by atomic mass is 35.5. The first-order valence-electron chi connectivity index (χ1n) is 11.1. The summed E-state index contributed by atoms with van der Waals surface area (Å²) in [6.07, 6.45) is 6.96. The highest BCUT2D eigenvalue weighted by molar-refractivity contribution is 7.98. The molecule has 1 saturated heterocycles. The fraction of sp³-hybridized carbons (Fsp3) is 0.346. The Balaban J connectivity index is 1.49. The Labute approximate surface area is 200 Å². The minimum atomic E-state index is -0.120. The van der Waals surface area contributed by atoms with Crippen LogP contribution in [0.3, 0.4) is 0 Å². The van der Waals surface area contributed by atoms with Crippen molar-refractivity contribution in [2.75, 3.05) is 38.2 Å². The van der Waals surface area contributed by atoms with Crippen LogP contribution in [-0.2, 0) is 4.79 Å². The summed E-state index contributed by atoms with van der Waals surface area (Å²) in [5, 5.41) is 0.747. The van der Waals surface area contributed by atoms with Gasteiger partial charge in [0.25, 0.3) is 0 Å². The lowest BCUT2D eigenvalue weighted by atomic mass is 9.96. The standard InChI is InChI=1S/C26H30ClN3OS/c1-32-20-13-24(28-14-5-6-15-28)26(31)30-18-16-29(17-19-30)25(21-7-3-2-4-8-21)22-9-11-23(27)12-10-22/h2-12,14-15,24-25H,13,16-20H2,1H3/t24-,25+/m1/s1. The van der Waals surface area contributed by atoms with Gasteiger partial charge in [0.1, 0.15) is 6.04 Å². The van der Waals surface area contributed by atoms with E-state index in [1.165, 1.54) is 11.1 Å². The summed E-state index contributed by atoms with van der Waals surface area (Å²) < 4.78 is 2.06. The van der Waals surface area contributed by atoms with Gasteiger partial charge in [-0.25, -0.2) is 0 Å². The van der Waals surface area contributed by atoms with Crippen LogP contribution in [-0.4, -0.2) is 58.5 Å². The molecule has 32 heavy (non-hydrogen) atoms. The van der Waals surface area contributed by atoms with Crippen LogP contribution >= 0.6 is 23.4 Å². The van der Waals surface area contributed by atoms with Gasteiger partial charge in [-0.2, -0.15) is 11.8 Å². The molecule has 1 amide bonds. The van der Waals surface area contributed by atoms with Crippen molar-refractivity contribution in [1.82, 2.24) is 14.4 Å². The maximum Gasteiger partial charge on any atom is 0.245 e. The van der Waals surface area contributed by atoms with Gasteiger partial charge >= 0.3 is 0 Å². The number of halogens is 1. The molecule has 168 valence electrons. The number of rotatable bonds is 8. The lowest BCUT2D eigenvalue weighted by molar-refractivity contribution is -0.136. The summed E-state index contributed by atoms with van der Waals surface area (Å²) in [7, 11) is 0. The Hall–Kier alpha value is -2.21. The van der Waals surface area contributed by atoms with Gasteiger partial charge in [-0.15, -0.1) is 0 Å². The largest absolute Gasteiger partial charge is 0.342 e. The number of thioether (sulfide) groups is 1. The van der Waals surface area contributed by atoms with Crippen molar-refractivity contribution in [1.29, 1.82) is 0 Å². The topological polar surface area (TPSA) is 28.5 Å². The average molecular weight is 468 g/mol. The Kier molecular flexibility index (Phi) is 7.95. The van der Waals surface area contributed by atoms with E-state index in [4.69, 9.17) is 11.6 Å². The zero-order chi connectivity index (χ0) is 22.3. The molecule has 0 aliphatic carbocycles. The molecule has 0 bridgehead atoms. The van der Waals surface area contributed by atoms with Crippen molar-refractivity contribution < 1.29 is 4.79 Å². The summed E-state index contributed by atoms with van der Waals surface area (Å²) in [5.41, 5.74) is 2.49. The van der Waals surface area contributed by atoms with Gasteiger partial charge in [-0.1, -0.05) is 54.1 Å². The lowest BCUT2D eigenvalue weighted by Crippen LogP contribution is -2.51. The molecule has 4 rings (SSSR count). The monoisotopic (exact) mass is 467 g/mol. The van der Waals surface area contributed by atoms with Crippen LogP contribution in [0.4, 0.5) is 0 Å². The molecule has 2 heterocycles. The molecule has 0 radical (unpaired) electrons. The third-order valence-corrected chi connectivity index (χ3v) is 7.06. The fourth-order valence-electron chi connectivity index (χ4n) is 4.49. The number of aromatic nitrogens is 1. The van der Waals surface area contributed by atoms with Crippen molar-refractivity contribution in [2.24, 2.45) is 0 Å². The first-order valence-corrected chi connectivity index (χ1v) is 12.9. The smallest absolute Gasteiger partial charge is 0.245 e. The molecule has 1 aliphatic heterocycles. The van der Waals surface area contributed by atoms with Crippen LogP contribution in [0, 0.1) is 0 Å². The molecule has 4 nitrogen and oxygen atoms in total. The van der Waals surface area contributed by atoms with E-state index in [1.54, 1.807) is 11.8 Å². The molecule has 0 spiro atoms. The second kappa shape index (κ2) is 11.1. The zero-order valence-electron chi connectivity index (χ0n) is 18.4. The Morgan fingerprint density at radius 1 is 0.906 bits per heavy atom. The van der Waals surface area contributed by atoms with Gasteiger partial charge < -0.3 is 9.47 Å². The number of carbonyl (C=O) groups is 1. The second-order valence-corrected chi connectivity index (χ2v) is 9.58. The molecular formula is C26H30ClN3OS. The van der Waals surface area contributed by atoms with Gasteiger partial charge in [0.15, 0.2) is 0 Å². The average Bonchev–Trinajstić information content (AvgIpc) is 3.36. The third-order valence-electron chi connectivity index (χ3n) is 6.16. The molecule has 1 aromatic heterocycles. The molecule has 3 aromatic rings. The minimum Gasteiger partial charge on any atom is -0.342 e.